The lowest BCUT2D eigenvalue weighted by atomic mass is 10.2. The standard InChI is InChI=1S/C13H21N3O4S/c1-2-3-11-16(9(7-21-11)12(18)19)13(20)14-6-10(17)15-8-4-5-8/h8-9,11H,2-7H2,1H3,(H,14,20)(H,15,17)(H,18,19). The minimum atomic E-state index is -1.00. The van der Waals surface area contributed by atoms with Crippen LogP contribution in [0.4, 0.5) is 4.79 Å². The lowest BCUT2D eigenvalue weighted by Crippen LogP contribution is -2.51. The average molecular weight is 315 g/mol. The van der Waals surface area contributed by atoms with Crippen LogP contribution in [0.3, 0.4) is 0 Å². The van der Waals surface area contributed by atoms with Gasteiger partial charge < -0.3 is 15.7 Å². The second-order valence-electron chi connectivity index (χ2n) is 5.34. The number of amides is 3. The molecule has 0 aromatic rings. The van der Waals surface area contributed by atoms with E-state index in [2.05, 4.69) is 10.6 Å². The Balaban J connectivity index is 1.89. The Labute approximate surface area is 127 Å². The van der Waals surface area contributed by atoms with Gasteiger partial charge in [0.1, 0.15) is 6.04 Å². The van der Waals surface area contributed by atoms with Gasteiger partial charge in [-0.05, 0) is 19.3 Å². The molecule has 2 unspecified atom stereocenters. The van der Waals surface area contributed by atoms with Crippen LogP contribution in [0.1, 0.15) is 32.6 Å². The highest BCUT2D eigenvalue weighted by atomic mass is 32.2. The van der Waals surface area contributed by atoms with Crippen LogP contribution in [0, 0.1) is 0 Å². The number of aliphatic carboxylic acids is 1. The van der Waals surface area contributed by atoms with E-state index in [1.54, 1.807) is 0 Å². The fraction of sp³-hybridized carbons (Fsp3) is 0.769. The molecule has 0 spiro atoms. The van der Waals surface area contributed by atoms with Gasteiger partial charge in [0, 0.05) is 11.8 Å². The van der Waals surface area contributed by atoms with Gasteiger partial charge in [0.05, 0.1) is 11.9 Å². The number of hydrogen-bond donors (Lipinski definition) is 3. The first-order valence-electron chi connectivity index (χ1n) is 7.22. The number of nitrogens with zero attached hydrogens (tertiary/aromatic N) is 1. The van der Waals surface area contributed by atoms with Crippen LogP contribution in [0.5, 0.6) is 0 Å². The first-order valence-corrected chi connectivity index (χ1v) is 8.27. The molecule has 21 heavy (non-hydrogen) atoms. The summed E-state index contributed by atoms with van der Waals surface area (Å²) in [5, 5.41) is 14.4. The van der Waals surface area contributed by atoms with Crippen LogP contribution in [0.25, 0.3) is 0 Å². The molecule has 2 atom stereocenters. The van der Waals surface area contributed by atoms with E-state index in [1.807, 2.05) is 6.92 Å². The number of rotatable bonds is 6. The van der Waals surface area contributed by atoms with Crippen molar-refractivity contribution in [2.24, 2.45) is 0 Å². The van der Waals surface area contributed by atoms with E-state index in [4.69, 9.17) is 0 Å². The maximum Gasteiger partial charge on any atom is 0.327 e. The molecule has 0 radical (unpaired) electrons. The monoisotopic (exact) mass is 315 g/mol. The molecule has 1 aliphatic carbocycles. The van der Waals surface area contributed by atoms with Crippen LogP contribution >= 0.6 is 11.8 Å². The van der Waals surface area contributed by atoms with Crippen molar-refractivity contribution < 1.29 is 19.5 Å². The van der Waals surface area contributed by atoms with Crippen LogP contribution in [-0.4, -0.2) is 57.7 Å². The van der Waals surface area contributed by atoms with Gasteiger partial charge in [-0.2, -0.15) is 0 Å². The molecule has 1 heterocycles. The van der Waals surface area contributed by atoms with Gasteiger partial charge in [-0.25, -0.2) is 9.59 Å². The smallest absolute Gasteiger partial charge is 0.327 e. The van der Waals surface area contributed by atoms with Crippen LogP contribution in [-0.2, 0) is 9.59 Å². The van der Waals surface area contributed by atoms with Crippen molar-refractivity contribution in [1.29, 1.82) is 0 Å². The Morgan fingerprint density at radius 3 is 2.62 bits per heavy atom. The minimum Gasteiger partial charge on any atom is -0.480 e. The van der Waals surface area contributed by atoms with Crippen molar-refractivity contribution in [1.82, 2.24) is 15.5 Å². The number of carbonyl (C=O) groups excluding carboxylic acids is 2. The summed E-state index contributed by atoms with van der Waals surface area (Å²) in [5.74, 6) is -0.836. The summed E-state index contributed by atoms with van der Waals surface area (Å²) < 4.78 is 0. The molecule has 2 fully saturated rings. The lowest BCUT2D eigenvalue weighted by molar-refractivity contribution is -0.141. The largest absolute Gasteiger partial charge is 0.480 e. The van der Waals surface area contributed by atoms with Crippen molar-refractivity contribution in [2.75, 3.05) is 12.3 Å². The third-order valence-electron chi connectivity index (χ3n) is 3.49. The van der Waals surface area contributed by atoms with Gasteiger partial charge in [0.25, 0.3) is 0 Å². The highest BCUT2D eigenvalue weighted by Gasteiger charge is 2.41. The molecule has 7 nitrogen and oxygen atoms in total. The highest BCUT2D eigenvalue weighted by Crippen LogP contribution is 2.32. The number of hydrogen-bond acceptors (Lipinski definition) is 4. The Morgan fingerprint density at radius 2 is 2.05 bits per heavy atom. The Bertz CT molecular complexity index is 428. The molecule has 2 rings (SSSR count). The minimum absolute atomic E-state index is 0.109. The van der Waals surface area contributed by atoms with Crippen LogP contribution in [0.2, 0.25) is 0 Å². The zero-order valence-corrected chi connectivity index (χ0v) is 12.8. The van der Waals surface area contributed by atoms with Gasteiger partial charge in [-0.1, -0.05) is 13.3 Å². The van der Waals surface area contributed by atoms with E-state index in [1.165, 1.54) is 16.7 Å². The number of urea groups is 1. The molecule has 3 N–H and O–H groups in total. The van der Waals surface area contributed by atoms with Gasteiger partial charge in [-0.15, -0.1) is 11.8 Å². The van der Waals surface area contributed by atoms with Crippen LogP contribution < -0.4 is 10.6 Å². The fourth-order valence-electron chi connectivity index (χ4n) is 2.25. The highest BCUT2D eigenvalue weighted by molar-refractivity contribution is 8.00. The molecular weight excluding hydrogens is 294 g/mol. The maximum absolute atomic E-state index is 12.2. The van der Waals surface area contributed by atoms with E-state index in [9.17, 15) is 19.5 Å². The number of carboxylic acids is 1. The molecule has 0 bridgehead atoms. The number of carboxylic acid groups (broad SMARTS) is 1. The zero-order valence-electron chi connectivity index (χ0n) is 12.0. The molecular formula is C13H21N3O4S. The van der Waals surface area contributed by atoms with Crippen molar-refractivity contribution in [2.45, 2.75) is 50.1 Å². The Kier molecular flexibility index (Phi) is 5.33. The molecule has 3 amide bonds. The third kappa shape index (κ3) is 4.26. The van der Waals surface area contributed by atoms with E-state index < -0.39 is 18.0 Å². The van der Waals surface area contributed by atoms with E-state index in [0.717, 1.165) is 25.7 Å². The zero-order chi connectivity index (χ0) is 15.4. The van der Waals surface area contributed by atoms with Crippen molar-refractivity contribution in [3.05, 3.63) is 0 Å². The normalized spacial score (nSPS) is 24.7. The quantitative estimate of drug-likeness (QED) is 0.667. The molecule has 0 aromatic carbocycles. The second-order valence-corrected chi connectivity index (χ2v) is 6.55. The van der Waals surface area contributed by atoms with E-state index in [-0.39, 0.29) is 23.9 Å². The number of nitrogens with one attached hydrogen (secondary N) is 2. The summed E-state index contributed by atoms with van der Waals surface area (Å²) in [6.07, 6.45) is 3.59. The summed E-state index contributed by atoms with van der Waals surface area (Å²) in [6.45, 7) is 1.88. The maximum atomic E-state index is 12.2. The summed E-state index contributed by atoms with van der Waals surface area (Å²) in [7, 11) is 0. The van der Waals surface area contributed by atoms with Crippen LogP contribution in [0.15, 0.2) is 0 Å². The predicted molar refractivity (Wildman–Crippen MR) is 79.0 cm³/mol. The SMILES string of the molecule is CCCC1SCC(C(=O)O)N1C(=O)NCC(=O)NC1CC1. The first-order chi connectivity index (χ1) is 10.0. The number of thioether (sulfide) groups is 1. The predicted octanol–water partition coefficient (Wildman–Crippen LogP) is 0.603. The topological polar surface area (TPSA) is 98.7 Å². The molecule has 1 saturated carbocycles. The molecule has 8 heteroatoms. The molecule has 0 aromatic heterocycles. The Morgan fingerprint density at radius 1 is 1.33 bits per heavy atom. The average Bonchev–Trinajstić information content (AvgIpc) is 3.13. The second kappa shape index (κ2) is 7.02. The third-order valence-corrected chi connectivity index (χ3v) is 4.85. The van der Waals surface area contributed by atoms with Crippen molar-refractivity contribution >= 4 is 29.7 Å². The summed E-state index contributed by atoms with van der Waals surface area (Å²) in [5.41, 5.74) is 0. The van der Waals surface area contributed by atoms with Gasteiger partial charge in [-0.3, -0.25) is 9.69 Å². The fourth-order valence-corrected chi connectivity index (χ4v) is 3.76. The van der Waals surface area contributed by atoms with E-state index in [0.29, 0.717) is 5.75 Å². The lowest BCUT2D eigenvalue weighted by Gasteiger charge is -2.27. The molecule has 1 aliphatic heterocycles. The van der Waals surface area contributed by atoms with Crippen molar-refractivity contribution in [3.8, 4) is 0 Å². The number of carbonyl (C=O) groups is 3. The van der Waals surface area contributed by atoms with Crippen molar-refractivity contribution in [3.63, 3.8) is 0 Å². The van der Waals surface area contributed by atoms with Gasteiger partial charge in [0.15, 0.2) is 0 Å². The van der Waals surface area contributed by atoms with Gasteiger partial charge >= 0.3 is 12.0 Å². The molecule has 1 saturated heterocycles. The van der Waals surface area contributed by atoms with E-state index >= 15 is 0 Å². The molecule has 2 aliphatic rings. The summed E-state index contributed by atoms with van der Waals surface area (Å²) >= 11 is 1.48. The van der Waals surface area contributed by atoms with Gasteiger partial charge in [0.2, 0.25) is 5.91 Å². The first kappa shape index (κ1) is 15.9. The Hall–Kier alpha value is -1.44. The molecule has 118 valence electrons. The summed E-state index contributed by atoms with van der Waals surface area (Å²) in [6, 6.07) is -1.05. The summed E-state index contributed by atoms with van der Waals surface area (Å²) in [4.78, 5) is 36.4.